The first-order valence-electron chi connectivity index (χ1n) is 6.75. The van der Waals surface area contributed by atoms with E-state index in [1.807, 2.05) is 18.2 Å². The molecule has 0 atom stereocenters. The molecule has 3 nitrogen and oxygen atoms in total. The average molecular weight is 280 g/mol. The Labute approximate surface area is 119 Å². The van der Waals surface area contributed by atoms with Crippen LogP contribution in [0.3, 0.4) is 0 Å². The second-order valence-corrected chi connectivity index (χ2v) is 5.59. The summed E-state index contributed by atoms with van der Waals surface area (Å²) in [7, 11) is 2.14. The fourth-order valence-corrected chi connectivity index (χ4v) is 2.29. The molecule has 2 N–H and O–H groups in total. The Hall–Kier alpha value is -1.03. The largest absolute Gasteiger partial charge is 0.356 e. The Morgan fingerprint density at radius 3 is 2.74 bits per heavy atom. The molecule has 1 aromatic carbocycles. The Bertz CT molecular complexity index is 533. The number of para-hydroxylation sites is 1. The highest BCUT2D eigenvalue weighted by Gasteiger charge is 2.08. The number of rotatable bonds is 6. The highest BCUT2D eigenvalue weighted by atomic mass is 35.5. The normalized spacial score (nSPS) is 11.9. The maximum atomic E-state index is 6.37. The monoisotopic (exact) mass is 279 g/mol. The van der Waals surface area contributed by atoms with Crippen LogP contribution in [0.25, 0.3) is 10.9 Å². The van der Waals surface area contributed by atoms with Crippen LogP contribution in [0.1, 0.15) is 19.5 Å². The molecule has 19 heavy (non-hydrogen) atoms. The second-order valence-electron chi connectivity index (χ2n) is 5.21. The van der Waals surface area contributed by atoms with Crippen LogP contribution in [-0.2, 0) is 6.54 Å². The number of hydrogen-bond donors (Lipinski definition) is 2. The van der Waals surface area contributed by atoms with E-state index in [-0.39, 0.29) is 0 Å². The van der Waals surface area contributed by atoms with Gasteiger partial charge in [-0.1, -0.05) is 29.8 Å². The van der Waals surface area contributed by atoms with E-state index >= 15 is 0 Å². The molecule has 2 aromatic rings. The summed E-state index contributed by atoms with van der Waals surface area (Å²) in [5.74, 6) is 0. The quantitative estimate of drug-likeness (QED) is 0.796. The van der Waals surface area contributed by atoms with Crippen LogP contribution < -0.4 is 5.32 Å². The summed E-state index contributed by atoms with van der Waals surface area (Å²) in [6, 6.07) is 8.71. The van der Waals surface area contributed by atoms with E-state index in [2.05, 4.69) is 42.2 Å². The highest BCUT2D eigenvalue weighted by molar-refractivity contribution is 6.36. The van der Waals surface area contributed by atoms with Crippen LogP contribution in [0.2, 0.25) is 5.02 Å². The van der Waals surface area contributed by atoms with Gasteiger partial charge in [0.1, 0.15) is 0 Å². The number of aromatic nitrogens is 1. The van der Waals surface area contributed by atoms with Gasteiger partial charge in [0.15, 0.2) is 0 Å². The summed E-state index contributed by atoms with van der Waals surface area (Å²) >= 11 is 6.37. The van der Waals surface area contributed by atoms with Gasteiger partial charge in [-0.3, -0.25) is 0 Å². The lowest BCUT2D eigenvalue weighted by Crippen LogP contribution is -2.33. The van der Waals surface area contributed by atoms with Gasteiger partial charge in [-0.25, -0.2) is 0 Å². The molecule has 0 radical (unpaired) electrons. The van der Waals surface area contributed by atoms with Gasteiger partial charge in [0.05, 0.1) is 5.02 Å². The van der Waals surface area contributed by atoms with E-state index in [1.165, 1.54) is 0 Å². The maximum absolute atomic E-state index is 6.37. The van der Waals surface area contributed by atoms with Crippen LogP contribution in [0, 0.1) is 0 Å². The number of nitrogens with zero attached hydrogens (tertiary/aromatic N) is 1. The molecule has 0 aliphatic carbocycles. The molecule has 1 aromatic heterocycles. The number of likely N-dealkylation sites (N-methyl/N-ethyl adjacent to an activating group) is 1. The van der Waals surface area contributed by atoms with E-state index in [1.54, 1.807) is 0 Å². The predicted octanol–water partition coefficient (Wildman–Crippen LogP) is 3.25. The van der Waals surface area contributed by atoms with Crippen LogP contribution in [-0.4, -0.2) is 36.1 Å². The minimum absolute atomic E-state index is 0.582. The Morgan fingerprint density at radius 2 is 2.05 bits per heavy atom. The standard InChI is InChI=1S/C15H22ClN3/c1-11(2)19(3)9-8-17-10-14-15(16)12-6-4-5-7-13(12)18-14/h4-7,11,17-18H,8-10H2,1-3H3. The van der Waals surface area contributed by atoms with Gasteiger partial charge >= 0.3 is 0 Å². The van der Waals surface area contributed by atoms with E-state index in [9.17, 15) is 0 Å². The molecular formula is C15H22ClN3. The highest BCUT2D eigenvalue weighted by Crippen LogP contribution is 2.26. The lowest BCUT2D eigenvalue weighted by molar-refractivity contribution is 0.273. The summed E-state index contributed by atoms with van der Waals surface area (Å²) in [6.07, 6.45) is 0. The predicted molar refractivity (Wildman–Crippen MR) is 82.8 cm³/mol. The number of hydrogen-bond acceptors (Lipinski definition) is 2. The SMILES string of the molecule is CC(C)N(C)CCNCc1[nH]c2ccccc2c1Cl. The summed E-state index contributed by atoms with van der Waals surface area (Å²) in [5.41, 5.74) is 2.17. The second kappa shape index (κ2) is 6.42. The van der Waals surface area contributed by atoms with Crippen molar-refractivity contribution in [1.29, 1.82) is 0 Å². The zero-order valence-electron chi connectivity index (χ0n) is 11.8. The molecule has 4 heteroatoms. The molecule has 0 bridgehead atoms. The fraction of sp³-hybridized carbons (Fsp3) is 0.467. The molecule has 0 saturated carbocycles. The van der Waals surface area contributed by atoms with Gasteiger partial charge in [-0.2, -0.15) is 0 Å². The Kier molecular flexibility index (Phi) is 4.86. The number of aromatic amines is 1. The van der Waals surface area contributed by atoms with E-state index in [0.29, 0.717) is 6.04 Å². The van der Waals surface area contributed by atoms with Crippen molar-refractivity contribution < 1.29 is 0 Å². The number of H-pyrrole nitrogens is 1. The maximum Gasteiger partial charge on any atom is 0.0705 e. The third kappa shape index (κ3) is 3.50. The van der Waals surface area contributed by atoms with Crippen molar-refractivity contribution in [2.45, 2.75) is 26.4 Å². The topological polar surface area (TPSA) is 31.1 Å². The van der Waals surface area contributed by atoms with Crippen molar-refractivity contribution in [3.05, 3.63) is 35.0 Å². The van der Waals surface area contributed by atoms with E-state index in [0.717, 1.165) is 41.3 Å². The van der Waals surface area contributed by atoms with Gasteiger partial charge in [0.25, 0.3) is 0 Å². The smallest absolute Gasteiger partial charge is 0.0705 e. The minimum Gasteiger partial charge on any atom is -0.356 e. The van der Waals surface area contributed by atoms with Crippen molar-refractivity contribution >= 4 is 22.5 Å². The fourth-order valence-electron chi connectivity index (χ4n) is 2.01. The number of benzene rings is 1. The summed E-state index contributed by atoms with van der Waals surface area (Å²) in [6.45, 7) is 7.18. The first-order valence-corrected chi connectivity index (χ1v) is 7.13. The third-order valence-corrected chi connectivity index (χ3v) is 3.97. The molecule has 0 unspecified atom stereocenters. The molecule has 1 heterocycles. The first kappa shape index (κ1) is 14.4. The summed E-state index contributed by atoms with van der Waals surface area (Å²) in [4.78, 5) is 5.69. The van der Waals surface area contributed by atoms with Crippen LogP contribution in [0.5, 0.6) is 0 Å². The van der Waals surface area contributed by atoms with Crippen LogP contribution in [0.15, 0.2) is 24.3 Å². The summed E-state index contributed by atoms with van der Waals surface area (Å²) < 4.78 is 0. The zero-order chi connectivity index (χ0) is 13.8. The van der Waals surface area contributed by atoms with Crippen molar-refractivity contribution in [1.82, 2.24) is 15.2 Å². The Morgan fingerprint density at radius 1 is 1.32 bits per heavy atom. The van der Waals surface area contributed by atoms with Gasteiger partial charge in [-0.05, 0) is 27.0 Å². The van der Waals surface area contributed by atoms with Gasteiger partial charge in [-0.15, -0.1) is 0 Å². The molecule has 2 rings (SSSR count). The Balaban J connectivity index is 1.90. The summed E-state index contributed by atoms with van der Waals surface area (Å²) in [5, 5.41) is 5.36. The zero-order valence-corrected chi connectivity index (χ0v) is 12.6. The lowest BCUT2D eigenvalue weighted by atomic mass is 10.2. The molecule has 104 valence electrons. The molecule has 0 aliphatic rings. The van der Waals surface area contributed by atoms with Crippen LogP contribution >= 0.6 is 11.6 Å². The molecule has 0 amide bonds. The average Bonchev–Trinajstić information content (AvgIpc) is 2.72. The molecule has 0 saturated heterocycles. The minimum atomic E-state index is 0.582. The molecule has 0 aliphatic heterocycles. The van der Waals surface area contributed by atoms with Gasteiger partial charge in [0.2, 0.25) is 0 Å². The van der Waals surface area contributed by atoms with Crippen molar-refractivity contribution in [3.63, 3.8) is 0 Å². The first-order chi connectivity index (χ1) is 9.09. The van der Waals surface area contributed by atoms with E-state index in [4.69, 9.17) is 11.6 Å². The van der Waals surface area contributed by atoms with Crippen molar-refractivity contribution in [2.75, 3.05) is 20.1 Å². The number of nitrogens with one attached hydrogen (secondary N) is 2. The third-order valence-electron chi connectivity index (χ3n) is 3.54. The van der Waals surface area contributed by atoms with Crippen molar-refractivity contribution in [2.24, 2.45) is 0 Å². The molecule has 0 spiro atoms. The lowest BCUT2D eigenvalue weighted by Gasteiger charge is -2.20. The number of fused-ring (bicyclic) bond motifs is 1. The van der Waals surface area contributed by atoms with E-state index < -0.39 is 0 Å². The van der Waals surface area contributed by atoms with Gasteiger partial charge in [0, 0.05) is 42.3 Å². The molecular weight excluding hydrogens is 258 g/mol. The number of halogens is 1. The van der Waals surface area contributed by atoms with Crippen molar-refractivity contribution in [3.8, 4) is 0 Å². The van der Waals surface area contributed by atoms with Gasteiger partial charge < -0.3 is 15.2 Å². The molecule has 0 fully saturated rings. The van der Waals surface area contributed by atoms with Crippen LogP contribution in [0.4, 0.5) is 0 Å².